The molecule has 0 saturated heterocycles. The molecule has 3 rings (SSSR count). The zero-order chi connectivity index (χ0) is 22.2. The van der Waals surface area contributed by atoms with Crippen molar-refractivity contribution in [3.8, 4) is 11.5 Å². The fraction of sp³-hybridized carbons (Fsp3) is 0.250. The molecule has 3 aromatic rings. The molecule has 1 N–H and O–H groups in total. The molecule has 1 heterocycles. The molecule has 0 aliphatic rings. The number of aryl methyl sites for hydroxylation is 1. The summed E-state index contributed by atoms with van der Waals surface area (Å²) < 4.78 is 12.6. The standard InChI is InChI=1S/C24H26ClN3O3/c1-17-22(18(2)28(27-17)16-19-6-4-5-7-23(19)25)12-13-24(29)26-14-15-31-21-10-8-20(30-3)9-11-21/h4-13H,14-16H2,1-3H3,(H,26,29)/b13-12+. The Morgan fingerprint density at radius 3 is 2.55 bits per heavy atom. The van der Waals surface area contributed by atoms with Crippen molar-refractivity contribution in [2.45, 2.75) is 20.4 Å². The van der Waals surface area contributed by atoms with Crippen LogP contribution in [0.5, 0.6) is 11.5 Å². The van der Waals surface area contributed by atoms with Gasteiger partial charge in [0.25, 0.3) is 0 Å². The van der Waals surface area contributed by atoms with Crippen molar-refractivity contribution in [1.29, 1.82) is 0 Å². The monoisotopic (exact) mass is 439 g/mol. The molecule has 0 saturated carbocycles. The Morgan fingerprint density at radius 1 is 1.13 bits per heavy atom. The van der Waals surface area contributed by atoms with Crippen molar-refractivity contribution < 1.29 is 14.3 Å². The largest absolute Gasteiger partial charge is 0.497 e. The summed E-state index contributed by atoms with van der Waals surface area (Å²) in [6.07, 6.45) is 3.31. The molecular weight excluding hydrogens is 414 g/mol. The molecule has 2 aromatic carbocycles. The van der Waals surface area contributed by atoms with Crippen LogP contribution in [0.2, 0.25) is 5.02 Å². The second-order valence-electron chi connectivity index (χ2n) is 6.98. The normalized spacial score (nSPS) is 11.0. The third kappa shape index (κ3) is 6.12. The number of hydrogen-bond donors (Lipinski definition) is 1. The van der Waals surface area contributed by atoms with E-state index in [0.717, 1.165) is 34.0 Å². The second-order valence-corrected chi connectivity index (χ2v) is 7.39. The van der Waals surface area contributed by atoms with Crippen molar-refractivity contribution in [3.05, 3.63) is 82.1 Å². The zero-order valence-electron chi connectivity index (χ0n) is 17.9. The van der Waals surface area contributed by atoms with Crippen molar-refractivity contribution in [2.24, 2.45) is 0 Å². The summed E-state index contributed by atoms with van der Waals surface area (Å²) in [7, 11) is 1.62. The molecule has 6 nitrogen and oxygen atoms in total. The number of carbonyl (C=O) groups is 1. The van der Waals surface area contributed by atoms with Gasteiger partial charge in [0.05, 0.1) is 25.9 Å². The molecule has 0 radical (unpaired) electrons. The zero-order valence-corrected chi connectivity index (χ0v) is 18.6. The van der Waals surface area contributed by atoms with Crippen LogP contribution in [-0.4, -0.2) is 35.9 Å². The van der Waals surface area contributed by atoms with Crippen LogP contribution in [-0.2, 0) is 11.3 Å². The van der Waals surface area contributed by atoms with Crippen LogP contribution in [0.25, 0.3) is 6.08 Å². The van der Waals surface area contributed by atoms with Gasteiger partial charge >= 0.3 is 0 Å². The fourth-order valence-corrected chi connectivity index (χ4v) is 3.32. The number of nitrogens with zero attached hydrogens (tertiary/aromatic N) is 2. The van der Waals surface area contributed by atoms with E-state index < -0.39 is 0 Å². The van der Waals surface area contributed by atoms with E-state index in [1.807, 2.05) is 67.1 Å². The second kappa shape index (κ2) is 10.7. The van der Waals surface area contributed by atoms with Gasteiger partial charge in [-0.25, -0.2) is 0 Å². The Morgan fingerprint density at radius 2 is 1.84 bits per heavy atom. The molecule has 7 heteroatoms. The Kier molecular flexibility index (Phi) is 7.73. The number of carbonyl (C=O) groups excluding carboxylic acids is 1. The predicted molar refractivity (Wildman–Crippen MR) is 123 cm³/mol. The smallest absolute Gasteiger partial charge is 0.244 e. The molecule has 0 aliphatic heterocycles. The van der Waals surface area contributed by atoms with Crippen molar-refractivity contribution in [1.82, 2.24) is 15.1 Å². The SMILES string of the molecule is COc1ccc(OCCNC(=O)/C=C/c2c(C)nn(Cc3ccccc3Cl)c2C)cc1. The quantitative estimate of drug-likeness (QED) is 0.396. The van der Waals surface area contributed by atoms with Crippen LogP contribution in [0.3, 0.4) is 0 Å². The highest BCUT2D eigenvalue weighted by molar-refractivity contribution is 6.31. The average Bonchev–Trinajstić information content (AvgIpc) is 3.04. The molecule has 0 aliphatic carbocycles. The van der Waals surface area contributed by atoms with Crippen LogP contribution in [0.4, 0.5) is 0 Å². The molecule has 0 spiro atoms. The molecule has 1 aromatic heterocycles. The highest BCUT2D eigenvalue weighted by atomic mass is 35.5. The Bertz CT molecular complexity index is 1060. The van der Waals surface area contributed by atoms with E-state index in [4.69, 9.17) is 21.1 Å². The number of hydrogen-bond acceptors (Lipinski definition) is 4. The first-order valence-electron chi connectivity index (χ1n) is 9.98. The molecular formula is C24H26ClN3O3. The number of methoxy groups -OCH3 is 1. The first kappa shape index (κ1) is 22.4. The maximum atomic E-state index is 12.2. The number of ether oxygens (including phenoxy) is 2. The summed E-state index contributed by atoms with van der Waals surface area (Å²) in [6, 6.07) is 15.0. The number of rotatable bonds is 9. The van der Waals surface area contributed by atoms with Gasteiger partial charge in [0.1, 0.15) is 18.1 Å². The Balaban J connectivity index is 1.51. The van der Waals surface area contributed by atoms with E-state index in [-0.39, 0.29) is 5.91 Å². The summed E-state index contributed by atoms with van der Waals surface area (Å²) in [5.74, 6) is 1.31. The third-order valence-electron chi connectivity index (χ3n) is 4.85. The van der Waals surface area contributed by atoms with E-state index >= 15 is 0 Å². The van der Waals surface area contributed by atoms with Crippen LogP contribution < -0.4 is 14.8 Å². The van der Waals surface area contributed by atoms with E-state index in [1.165, 1.54) is 6.08 Å². The lowest BCUT2D eigenvalue weighted by Gasteiger charge is -2.07. The maximum Gasteiger partial charge on any atom is 0.244 e. The van der Waals surface area contributed by atoms with Gasteiger partial charge in [0, 0.05) is 22.4 Å². The number of nitrogens with one attached hydrogen (secondary N) is 1. The Labute approximate surface area is 187 Å². The van der Waals surface area contributed by atoms with Crippen LogP contribution in [0, 0.1) is 13.8 Å². The fourth-order valence-electron chi connectivity index (χ4n) is 3.13. The van der Waals surface area contributed by atoms with Gasteiger partial charge in [-0.1, -0.05) is 29.8 Å². The lowest BCUT2D eigenvalue weighted by molar-refractivity contribution is -0.116. The number of halogens is 1. The summed E-state index contributed by atoms with van der Waals surface area (Å²) in [4.78, 5) is 12.2. The molecule has 0 unspecified atom stereocenters. The van der Waals surface area contributed by atoms with Gasteiger partial charge in [0.2, 0.25) is 5.91 Å². The minimum absolute atomic E-state index is 0.184. The summed E-state index contributed by atoms with van der Waals surface area (Å²) in [5, 5.41) is 8.12. The molecule has 0 atom stereocenters. The van der Waals surface area contributed by atoms with Gasteiger partial charge in [-0.15, -0.1) is 0 Å². The lowest BCUT2D eigenvalue weighted by Crippen LogP contribution is -2.26. The minimum atomic E-state index is -0.184. The van der Waals surface area contributed by atoms with Crippen LogP contribution >= 0.6 is 11.6 Å². The van der Waals surface area contributed by atoms with Crippen molar-refractivity contribution >= 4 is 23.6 Å². The molecule has 0 fully saturated rings. The van der Waals surface area contributed by atoms with Crippen LogP contribution in [0.15, 0.2) is 54.6 Å². The number of amides is 1. The molecule has 0 bridgehead atoms. The molecule has 162 valence electrons. The minimum Gasteiger partial charge on any atom is -0.497 e. The van der Waals surface area contributed by atoms with E-state index in [1.54, 1.807) is 13.2 Å². The van der Waals surface area contributed by atoms with Gasteiger partial charge in [-0.2, -0.15) is 5.10 Å². The first-order chi connectivity index (χ1) is 15.0. The van der Waals surface area contributed by atoms with E-state index in [9.17, 15) is 4.79 Å². The van der Waals surface area contributed by atoms with E-state index in [0.29, 0.717) is 24.7 Å². The molecule has 1 amide bonds. The molecule has 31 heavy (non-hydrogen) atoms. The number of benzene rings is 2. The van der Waals surface area contributed by atoms with Crippen LogP contribution in [0.1, 0.15) is 22.5 Å². The lowest BCUT2D eigenvalue weighted by atomic mass is 10.1. The maximum absolute atomic E-state index is 12.2. The number of aromatic nitrogens is 2. The average molecular weight is 440 g/mol. The van der Waals surface area contributed by atoms with Gasteiger partial charge < -0.3 is 14.8 Å². The van der Waals surface area contributed by atoms with Gasteiger partial charge in [0.15, 0.2) is 0 Å². The summed E-state index contributed by atoms with van der Waals surface area (Å²) in [5.41, 5.74) is 3.76. The van der Waals surface area contributed by atoms with Crippen molar-refractivity contribution in [2.75, 3.05) is 20.3 Å². The first-order valence-corrected chi connectivity index (χ1v) is 10.4. The summed E-state index contributed by atoms with van der Waals surface area (Å²) in [6.45, 7) is 5.27. The Hall–Kier alpha value is -3.25. The van der Waals surface area contributed by atoms with E-state index in [2.05, 4.69) is 10.4 Å². The highest BCUT2D eigenvalue weighted by Crippen LogP contribution is 2.20. The van der Waals surface area contributed by atoms with Gasteiger partial charge in [-0.05, 0) is 55.8 Å². The predicted octanol–water partition coefficient (Wildman–Crippen LogP) is 4.42. The highest BCUT2D eigenvalue weighted by Gasteiger charge is 2.11. The topological polar surface area (TPSA) is 65.4 Å². The summed E-state index contributed by atoms with van der Waals surface area (Å²) >= 11 is 6.27. The van der Waals surface area contributed by atoms with Crippen molar-refractivity contribution in [3.63, 3.8) is 0 Å². The van der Waals surface area contributed by atoms with Gasteiger partial charge in [-0.3, -0.25) is 9.48 Å². The third-order valence-corrected chi connectivity index (χ3v) is 5.21.